The molecule has 0 amide bonds. The number of hydrogen-bond acceptors (Lipinski definition) is 7. The third-order valence-electron chi connectivity index (χ3n) is 8.50. The first-order valence-corrected chi connectivity index (χ1v) is 12.4. The zero-order valence-corrected chi connectivity index (χ0v) is 21.6. The third-order valence-corrected chi connectivity index (χ3v) is 8.50. The normalized spacial score (nSPS) is 39.7. The molecule has 35 heavy (non-hydrogen) atoms. The van der Waals surface area contributed by atoms with Crippen molar-refractivity contribution in [3.63, 3.8) is 0 Å². The second-order valence-corrected chi connectivity index (χ2v) is 11.2. The fraction of sp³-hybridized carbons (Fsp3) is 0.643. The molecule has 0 unspecified atom stereocenters. The van der Waals surface area contributed by atoms with Gasteiger partial charge in [0.15, 0.2) is 0 Å². The van der Waals surface area contributed by atoms with E-state index in [1.54, 1.807) is 6.92 Å². The molecule has 0 radical (unpaired) electrons. The summed E-state index contributed by atoms with van der Waals surface area (Å²) >= 11 is 0. The van der Waals surface area contributed by atoms with Crippen LogP contribution in [0.4, 0.5) is 0 Å². The van der Waals surface area contributed by atoms with E-state index in [2.05, 4.69) is 0 Å². The number of fused-ring (bicyclic) bond motifs is 1. The van der Waals surface area contributed by atoms with E-state index in [0.29, 0.717) is 19.4 Å². The number of ether oxygens (including phenoxy) is 4. The van der Waals surface area contributed by atoms with E-state index in [-0.39, 0.29) is 12.3 Å². The third kappa shape index (κ3) is 4.32. The van der Waals surface area contributed by atoms with Crippen LogP contribution in [-0.4, -0.2) is 58.8 Å². The predicted octanol–water partition coefficient (Wildman–Crippen LogP) is 4.07. The van der Waals surface area contributed by atoms with Gasteiger partial charge in [0.1, 0.15) is 17.8 Å². The summed E-state index contributed by atoms with van der Waals surface area (Å²) in [7, 11) is 0. The minimum absolute atomic E-state index is 0.101. The minimum atomic E-state index is -1.34. The number of hydrogen-bond donors (Lipinski definition) is 1. The molecule has 1 aliphatic heterocycles. The summed E-state index contributed by atoms with van der Waals surface area (Å²) < 4.78 is 24.8. The van der Waals surface area contributed by atoms with Gasteiger partial charge in [-0.25, -0.2) is 0 Å². The molecule has 2 bridgehead atoms. The van der Waals surface area contributed by atoms with Gasteiger partial charge in [-0.1, -0.05) is 49.4 Å². The van der Waals surface area contributed by atoms with Crippen LogP contribution in [0.2, 0.25) is 0 Å². The Morgan fingerprint density at radius 1 is 1.06 bits per heavy atom. The van der Waals surface area contributed by atoms with E-state index < -0.39 is 52.5 Å². The van der Waals surface area contributed by atoms with Crippen molar-refractivity contribution in [3.8, 4) is 0 Å². The monoisotopic (exact) mass is 486 g/mol. The molecule has 2 aliphatic carbocycles. The van der Waals surface area contributed by atoms with E-state index in [0.717, 1.165) is 5.56 Å². The van der Waals surface area contributed by atoms with Crippen LogP contribution < -0.4 is 0 Å². The summed E-state index contributed by atoms with van der Waals surface area (Å²) in [6.45, 7) is 10.8. The molecular formula is C28H38O7. The first-order chi connectivity index (χ1) is 16.3. The van der Waals surface area contributed by atoms with Crippen LogP contribution in [0, 0.1) is 11.3 Å². The van der Waals surface area contributed by atoms with Crippen molar-refractivity contribution in [1.82, 2.24) is 0 Å². The van der Waals surface area contributed by atoms with Gasteiger partial charge >= 0.3 is 11.9 Å². The van der Waals surface area contributed by atoms with Crippen molar-refractivity contribution in [3.05, 3.63) is 42.0 Å². The van der Waals surface area contributed by atoms with E-state index in [1.807, 2.05) is 63.3 Å². The highest BCUT2D eigenvalue weighted by Gasteiger charge is 2.78. The molecule has 2 saturated carbocycles. The minimum Gasteiger partial charge on any atom is -0.458 e. The summed E-state index contributed by atoms with van der Waals surface area (Å²) in [6, 6.07) is 9.96. The maximum atomic E-state index is 12.3. The van der Waals surface area contributed by atoms with Gasteiger partial charge in [0.05, 0.1) is 29.3 Å². The zero-order valence-electron chi connectivity index (χ0n) is 21.6. The van der Waals surface area contributed by atoms with Gasteiger partial charge in [-0.3, -0.25) is 9.59 Å². The first-order valence-electron chi connectivity index (χ1n) is 12.4. The van der Waals surface area contributed by atoms with Gasteiger partial charge < -0.3 is 24.1 Å². The largest absolute Gasteiger partial charge is 0.458 e. The highest BCUT2D eigenvalue weighted by molar-refractivity contribution is 5.67. The standard InChI is InChI=1S/C28H38O7/c1-18(29)33-22-17-26(5,31)28-16-21(25(3,4)35-28)15-23(27(28,6)24(22)34-19(2)30)32-14-10-13-20-11-8-7-9-12-20/h7-13,21-24,31H,14-17H2,1-6H3/b13-10+/t21-,22+,23+,24+,26+,27-,28+/m1/s1. The lowest BCUT2D eigenvalue weighted by Crippen LogP contribution is -2.77. The highest BCUT2D eigenvalue weighted by atomic mass is 16.6. The molecule has 1 heterocycles. The fourth-order valence-electron chi connectivity index (χ4n) is 6.85. The topological polar surface area (TPSA) is 91.3 Å². The van der Waals surface area contributed by atoms with E-state index in [1.165, 1.54) is 13.8 Å². The molecule has 7 nitrogen and oxygen atoms in total. The molecule has 3 fully saturated rings. The fourth-order valence-corrected chi connectivity index (χ4v) is 6.85. The molecule has 1 N–H and O–H groups in total. The number of aliphatic hydroxyl groups is 1. The first kappa shape index (κ1) is 25.9. The Balaban J connectivity index is 1.73. The number of carbonyl (C=O) groups is 2. The lowest BCUT2D eigenvalue weighted by atomic mass is 9.48. The Morgan fingerprint density at radius 3 is 2.34 bits per heavy atom. The molecule has 192 valence electrons. The summed E-state index contributed by atoms with van der Waals surface area (Å²) in [5.74, 6) is -0.826. The van der Waals surface area contributed by atoms with Crippen LogP contribution in [0.1, 0.15) is 66.4 Å². The van der Waals surface area contributed by atoms with E-state index in [4.69, 9.17) is 18.9 Å². The van der Waals surface area contributed by atoms with Crippen molar-refractivity contribution in [2.24, 2.45) is 11.3 Å². The summed E-state index contributed by atoms with van der Waals surface area (Å²) in [5, 5.41) is 11.9. The molecule has 1 spiro atoms. The van der Waals surface area contributed by atoms with Crippen molar-refractivity contribution < 1.29 is 33.6 Å². The lowest BCUT2D eigenvalue weighted by Gasteiger charge is -2.64. The molecule has 0 aromatic heterocycles. The van der Waals surface area contributed by atoms with Crippen LogP contribution in [0.25, 0.3) is 6.08 Å². The maximum absolute atomic E-state index is 12.3. The second kappa shape index (κ2) is 9.02. The average molecular weight is 487 g/mol. The van der Waals surface area contributed by atoms with Gasteiger partial charge in [0.2, 0.25) is 0 Å². The number of carbonyl (C=O) groups excluding carboxylic acids is 2. The van der Waals surface area contributed by atoms with E-state index in [9.17, 15) is 14.7 Å². The molecule has 1 aromatic carbocycles. The van der Waals surface area contributed by atoms with Crippen LogP contribution in [-0.2, 0) is 28.5 Å². The summed E-state index contributed by atoms with van der Waals surface area (Å²) in [5.41, 5.74) is -2.78. The Hall–Kier alpha value is -2.22. The number of esters is 2. The second-order valence-electron chi connectivity index (χ2n) is 11.2. The quantitative estimate of drug-likeness (QED) is 0.606. The predicted molar refractivity (Wildman–Crippen MR) is 130 cm³/mol. The molecule has 4 rings (SSSR count). The maximum Gasteiger partial charge on any atom is 0.303 e. The molecule has 1 aromatic rings. The molecule has 7 atom stereocenters. The Morgan fingerprint density at radius 2 is 1.71 bits per heavy atom. The number of rotatable bonds is 6. The van der Waals surface area contributed by atoms with Gasteiger partial charge in [0, 0.05) is 20.3 Å². The number of benzene rings is 1. The Bertz CT molecular complexity index is 984. The van der Waals surface area contributed by atoms with Crippen LogP contribution >= 0.6 is 0 Å². The smallest absolute Gasteiger partial charge is 0.303 e. The van der Waals surface area contributed by atoms with Crippen molar-refractivity contribution in [2.45, 2.75) is 95.9 Å². The van der Waals surface area contributed by atoms with Gasteiger partial charge in [-0.15, -0.1) is 0 Å². The lowest BCUT2D eigenvalue weighted by molar-refractivity contribution is -0.328. The molecular weight excluding hydrogens is 448 g/mol. The molecule has 7 heteroatoms. The summed E-state index contributed by atoms with van der Waals surface area (Å²) in [6.07, 6.45) is 3.27. The Labute approximate surface area is 207 Å². The molecule has 1 saturated heterocycles. The van der Waals surface area contributed by atoms with Gasteiger partial charge in [0.25, 0.3) is 0 Å². The zero-order chi connectivity index (χ0) is 25.6. The highest BCUT2D eigenvalue weighted by Crippen LogP contribution is 2.68. The van der Waals surface area contributed by atoms with Crippen LogP contribution in [0.5, 0.6) is 0 Å². The van der Waals surface area contributed by atoms with Crippen molar-refractivity contribution >= 4 is 18.0 Å². The van der Waals surface area contributed by atoms with Crippen molar-refractivity contribution in [1.29, 1.82) is 0 Å². The van der Waals surface area contributed by atoms with Gasteiger partial charge in [-0.05, 0) is 45.1 Å². The van der Waals surface area contributed by atoms with Crippen LogP contribution in [0.3, 0.4) is 0 Å². The molecule has 3 aliphatic rings. The Kier molecular flexibility index (Phi) is 6.66. The van der Waals surface area contributed by atoms with Gasteiger partial charge in [-0.2, -0.15) is 0 Å². The van der Waals surface area contributed by atoms with E-state index >= 15 is 0 Å². The SMILES string of the molecule is CC(=O)O[C@H]1C[C@](C)(O)[C@@]23C[C@@H](C[C@H](OC/C=C/c4ccccc4)[C@]2(C)[C@H]1OC(C)=O)C(C)(C)O3. The summed E-state index contributed by atoms with van der Waals surface area (Å²) in [4.78, 5) is 24.2. The average Bonchev–Trinajstić information content (AvgIpc) is 3.00. The van der Waals surface area contributed by atoms with Crippen LogP contribution in [0.15, 0.2) is 36.4 Å². The van der Waals surface area contributed by atoms with Crippen molar-refractivity contribution in [2.75, 3.05) is 6.61 Å².